The third-order valence-electron chi connectivity index (χ3n) is 5.23. The fourth-order valence-corrected chi connectivity index (χ4v) is 3.87. The highest BCUT2D eigenvalue weighted by molar-refractivity contribution is 9.10. The minimum atomic E-state index is -0.552. The Bertz CT molecular complexity index is 1460. The number of halogens is 1. The molecule has 1 aromatic heterocycles. The summed E-state index contributed by atoms with van der Waals surface area (Å²) < 4.78 is 12.2. The second-order valence-electron chi connectivity index (χ2n) is 7.59. The summed E-state index contributed by atoms with van der Waals surface area (Å²) >= 11 is 3.54. The van der Waals surface area contributed by atoms with Crippen LogP contribution in [0, 0.1) is 11.3 Å². The molecule has 0 unspecified atom stereocenters. The van der Waals surface area contributed by atoms with E-state index >= 15 is 0 Å². The van der Waals surface area contributed by atoms with Crippen molar-refractivity contribution >= 4 is 28.1 Å². The Morgan fingerprint density at radius 1 is 1.11 bits per heavy atom. The first kappa shape index (κ1) is 24.7. The SMILES string of the molecule is COc1cc(C=NNc2nc(-c3ccccc3)c(C#N)c(=O)[nH]2)c(Br)cc1OCCc1ccccc1. The molecule has 0 fully saturated rings. The maximum absolute atomic E-state index is 12.4. The first-order chi connectivity index (χ1) is 17.6. The van der Waals surface area contributed by atoms with Crippen molar-refractivity contribution in [2.24, 2.45) is 5.10 Å². The van der Waals surface area contributed by atoms with E-state index in [0.717, 1.165) is 10.9 Å². The molecular formula is C27H22BrN5O3. The molecule has 4 aromatic rings. The van der Waals surface area contributed by atoms with Crippen LogP contribution in [0.5, 0.6) is 11.5 Å². The molecule has 9 heteroatoms. The predicted molar refractivity (Wildman–Crippen MR) is 143 cm³/mol. The van der Waals surface area contributed by atoms with Crippen molar-refractivity contribution in [3.63, 3.8) is 0 Å². The van der Waals surface area contributed by atoms with Gasteiger partial charge >= 0.3 is 0 Å². The van der Waals surface area contributed by atoms with Crippen LogP contribution in [0.3, 0.4) is 0 Å². The lowest BCUT2D eigenvalue weighted by atomic mass is 10.1. The van der Waals surface area contributed by atoms with Gasteiger partial charge < -0.3 is 9.47 Å². The second kappa shape index (κ2) is 11.8. The minimum absolute atomic E-state index is 0.0638. The number of nitrogens with one attached hydrogen (secondary N) is 2. The molecule has 3 aromatic carbocycles. The van der Waals surface area contributed by atoms with E-state index in [2.05, 4.69) is 48.6 Å². The standard InChI is InChI=1S/C27H22BrN5O3/c1-35-23-14-20(22(28)15-24(23)36-13-12-18-8-4-2-5-9-18)17-30-33-27-31-25(19-10-6-3-7-11-19)21(16-29)26(34)32-27/h2-11,14-15,17H,12-13H2,1H3,(H2,31,32,33,34). The van der Waals surface area contributed by atoms with Gasteiger partial charge in [-0.05, 0) is 33.6 Å². The Morgan fingerprint density at radius 2 is 1.83 bits per heavy atom. The zero-order valence-electron chi connectivity index (χ0n) is 19.4. The fourth-order valence-electron chi connectivity index (χ4n) is 3.44. The van der Waals surface area contributed by atoms with Gasteiger partial charge in [-0.3, -0.25) is 9.78 Å². The number of nitrogens with zero attached hydrogens (tertiary/aromatic N) is 3. The van der Waals surface area contributed by atoms with Crippen LogP contribution >= 0.6 is 15.9 Å². The first-order valence-corrected chi connectivity index (χ1v) is 11.8. The average molecular weight is 544 g/mol. The number of ether oxygens (including phenoxy) is 2. The van der Waals surface area contributed by atoms with Gasteiger partial charge in [0, 0.05) is 22.0 Å². The van der Waals surface area contributed by atoms with Gasteiger partial charge in [0.1, 0.15) is 11.6 Å². The molecule has 2 N–H and O–H groups in total. The molecule has 0 bridgehead atoms. The highest BCUT2D eigenvalue weighted by Gasteiger charge is 2.13. The number of methoxy groups -OCH3 is 1. The van der Waals surface area contributed by atoms with Gasteiger partial charge in [-0.25, -0.2) is 10.4 Å². The average Bonchev–Trinajstić information content (AvgIpc) is 2.90. The number of hydrazone groups is 1. The van der Waals surface area contributed by atoms with Crippen molar-refractivity contribution in [1.82, 2.24) is 9.97 Å². The normalized spacial score (nSPS) is 10.7. The molecule has 0 atom stereocenters. The maximum Gasteiger partial charge on any atom is 0.270 e. The Hall–Kier alpha value is -4.42. The highest BCUT2D eigenvalue weighted by atomic mass is 79.9. The van der Waals surface area contributed by atoms with Crippen molar-refractivity contribution in [1.29, 1.82) is 5.26 Å². The molecular weight excluding hydrogens is 522 g/mol. The Labute approximate surface area is 216 Å². The number of aromatic amines is 1. The zero-order chi connectivity index (χ0) is 25.3. The molecule has 4 rings (SSSR count). The lowest BCUT2D eigenvalue weighted by Gasteiger charge is -2.13. The van der Waals surface area contributed by atoms with Gasteiger partial charge in [-0.2, -0.15) is 10.4 Å². The Balaban J connectivity index is 1.49. The van der Waals surface area contributed by atoms with E-state index in [1.165, 1.54) is 5.56 Å². The molecule has 0 radical (unpaired) electrons. The van der Waals surface area contributed by atoms with Crippen molar-refractivity contribution in [2.75, 3.05) is 19.1 Å². The predicted octanol–water partition coefficient (Wildman–Crippen LogP) is 5.15. The van der Waals surface area contributed by atoms with Gasteiger partial charge in [-0.15, -0.1) is 0 Å². The lowest BCUT2D eigenvalue weighted by Crippen LogP contribution is -2.16. The topological polar surface area (TPSA) is 112 Å². The molecule has 0 saturated carbocycles. The second-order valence-corrected chi connectivity index (χ2v) is 8.45. The number of H-pyrrole nitrogens is 1. The molecule has 1 heterocycles. The van der Waals surface area contributed by atoms with Crippen molar-refractivity contribution in [3.05, 3.63) is 104 Å². The molecule has 8 nitrogen and oxygen atoms in total. The number of benzene rings is 3. The largest absolute Gasteiger partial charge is 0.493 e. The lowest BCUT2D eigenvalue weighted by molar-refractivity contribution is 0.297. The third-order valence-corrected chi connectivity index (χ3v) is 5.91. The maximum atomic E-state index is 12.4. The first-order valence-electron chi connectivity index (χ1n) is 11.0. The Morgan fingerprint density at radius 3 is 2.53 bits per heavy atom. The highest BCUT2D eigenvalue weighted by Crippen LogP contribution is 2.33. The van der Waals surface area contributed by atoms with Crippen molar-refractivity contribution in [3.8, 4) is 28.8 Å². The molecule has 180 valence electrons. The van der Waals surface area contributed by atoms with E-state index in [1.807, 2.05) is 48.5 Å². The van der Waals surface area contributed by atoms with Crippen LogP contribution in [-0.4, -0.2) is 29.9 Å². The van der Waals surface area contributed by atoms with Crippen LogP contribution in [0.15, 0.2) is 87.2 Å². The minimum Gasteiger partial charge on any atom is -0.493 e. The summed E-state index contributed by atoms with van der Waals surface area (Å²) in [7, 11) is 1.57. The summed E-state index contributed by atoms with van der Waals surface area (Å²) in [6.07, 6.45) is 2.33. The van der Waals surface area contributed by atoms with Crippen LogP contribution in [-0.2, 0) is 6.42 Å². The van der Waals surface area contributed by atoms with Crippen LogP contribution in [0.25, 0.3) is 11.3 Å². The molecule has 0 amide bonds. The van der Waals surface area contributed by atoms with Crippen molar-refractivity contribution in [2.45, 2.75) is 6.42 Å². The summed E-state index contributed by atoms with van der Waals surface area (Å²) in [5.41, 5.74) is 4.95. The number of rotatable bonds is 9. The third kappa shape index (κ3) is 5.98. The van der Waals surface area contributed by atoms with Gasteiger partial charge in [0.05, 0.1) is 25.6 Å². The van der Waals surface area contributed by atoms with E-state index in [0.29, 0.717) is 29.2 Å². The van der Waals surface area contributed by atoms with E-state index in [-0.39, 0.29) is 17.2 Å². The summed E-state index contributed by atoms with van der Waals surface area (Å²) in [6.45, 7) is 0.503. The van der Waals surface area contributed by atoms with E-state index in [9.17, 15) is 10.1 Å². The smallest absolute Gasteiger partial charge is 0.270 e. The molecule has 36 heavy (non-hydrogen) atoms. The monoisotopic (exact) mass is 543 g/mol. The van der Waals surface area contributed by atoms with Crippen LogP contribution < -0.4 is 20.5 Å². The van der Waals surface area contributed by atoms with Crippen LogP contribution in [0.2, 0.25) is 0 Å². The van der Waals surface area contributed by atoms with Gasteiger partial charge in [0.25, 0.3) is 5.56 Å². The number of hydrogen-bond donors (Lipinski definition) is 2. The van der Waals surface area contributed by atoms with Gasteiger partial charge in [0.15, 0.2) is 11.5 Å². The van der Waals surface area contributed by atoms with Gasteiger partial charge in [0.2, 0.25) is 5.95 Å². The summed E-state index contributed by atoms with van der Waals surface area (Å²) in [5.74, 6) is 1.28. The van der Waals surface area contributed by atoms with Crippen molar-refractivity contribution < 1.29 is 9.47 Å². The number of nitriles is 1. The quantitative estimate of drug-likeness (QED) is 0.223. The molecule has 0 saturated heterocycles. The molecule has 0 aliphatic heterocycles. The summed E-state index contributed by atoms with van der Waals surface area (Å²) in [4.78, 5) is 19.3. The molecule has 0 spiro atoms. The number of aromatic nitrogens is 2. The number of hydrogen-bond acceptors (Lipinski definition) is 7. The van der Waals surface area contributed by atoms with E-state index in [4.69, 9.17) is 9.47 Å². The van der Waals surface area contributed by atoms with Crippen LogP contribution in [0.4, 0.5) is 5.95 Å². The van der Waals surface area contributed by atoms with E-state index in [1.54, 1.807) is 31.5 Å². The molecule has 0 aliphatic rings. The van der Waals surface area contributed by atoms with Gasteiger partial charge in [-0.1, -0.05) is 60.7 Å². The molecule has 0 aliphatic carbocycles. The van der Waals surface area contributed by atoms with Crippen LogP contribution in [0.1, 0.15) is 16.7 Å². The fraction of sp³-hybridized carbons (Fsp3) is 0.111. The Kier molecular flexibility index (Phi) is 8.11. The summed E-state index contributed by atoms with van der Waals surface area (Å²) in [5, 5.41) is 13.6. The van der Waals surface area contributed by atoms with E-state index < -0.39 is 5.56 Å². The zero-order valence-corrected chi connectivity index (χ0v) is 21.0. The number of anilines is 1. The summed E-state index contributed by atoms with van der Waals surface area (Å²) in [6, 6.07) is 24.6.